The topological polar surface area (TPSA) is 46.0 Å². The summed E-state index contributed by atoms with van der Waals surface area (Å²) in [7, 11) is 0. The molecule has 0 aliphatic carbocycles. The van der Waals surface area contributed by atoms with Crippen molar-refractivity contribution < 1.29 is 0 Å². The normalized spacial score (nSPS) is 11.5. The van der Waals surface area contributed by atoms with Crippen LogP contribution in [0.4, 0.5) is 0 Å². The van der Waals surface area contributed by atoms with Crippen molar-refractivity contribution in [2.45, 2.75) is 26.7 Å². The SMILES string of the molecule is Cc1cccc(-c2n[nH]c(=S)n2N=Cc2ccc(C(C)C)cc2)c1. The lowest BCUT2D eigenvalue weighted by molar-refractivity contribution is 0.865. The van der Waals surface area contributed by atoms with Gasteiger partial charge in [0.1, 0.15) is 0 Å². The summed E-state index contributed by atoms with van der Waals surface area (Å²) in [6, 6.07) is 16.5. The molecule has 0 atom stereocenters. The fourth-order valence-electron chi connectivity index (χ4n) is 2.46. The van der Waals surface area contributed by atoms with Gasteiger partial charge in [-0.15, -0.1) is 0 Å². The number of nitrogens with zero attached hydrogens (tertiary/aromatic N) is 3. The van der Waals surface area contributed by atoms with Gasteiger partial charge in [-0.2, -0.15) is 14.9 Å². The number of aromatic amines is 1. The van der Waals surface area contributed by atoms with Gasteiger partial charge < -0.3 is 0 Å². The quantitative estimate of drug-likeness (QED) is 0.543. The third-order valence-electron chi connectivity index (χ3n) is 3.85. The first-order valence-corrected chi connectivity index (χ1v) is 8.34. The van der Waals surface area contributed by atoms with Gasteiger partial charge in [0.15, 0.2) is 5.82 Å². The Kier molecular flexibility index (Phi) is 4.71. The summed E-state index contributed by atoms with van der Waals surface area (Å²) in [5.41, 5.74) is 4.49. The predicted octanol–water partition coefficient (Wildman–Crippen LogP) is 4.92. The van der Waals surface area contributed by atoms with E-state index in [1.165, 1.54) is 11.1 Å². The molecule has 1 aromatic heterocycles. The first kappa shape index (κ1) is 16.3. The van der Waals surface area contributed by atoms with Crippen LogP contribution in [0.3, 0.4) is 0 Å². The minimum absolute atomic E-state index is 0.474. The van der Waals surface area contributed by atoms with Crippen LogP contribution in [0, 0.1) is 11.7 Å². The van der Waals surface area contributed by atoms with E-state index < -0.39 is 0 Å². The van der Waals surface area contributed by atoms with Crippen molar-refractivity contribution in [3.63, 3.8) is 0 Å². The lowest BCUT2D eigenvalue weighted by Crippen LogP contribution is -1.95. The molecule has 0 amide bonds. The molecule has 2 aromatic carbocycles. The highest BCUT2D eigenvalue weighted by molar-refractivity contribution is 7.71. The number of benzene rings is 2. The Hall–Kier alpha value is -2.53. The molecule has 0 bridgehead atoms. The molecule has 122 valence electrons. The Balaban J connectivity index is 1.93. The van der Waals surface area contributed by atoms with Crippen molar-refractivity contribution in [3.05, 3.63) is 70.0 Å². The smallest absolute Gasteiger partial charge is 0.216 e. The van der Waals surface area contributed by atoms with E-state index >= 15 is 0 Å². The van der Waals surface area contributed by atoms with Gasteiger partial charge in [-0.3, -0.25) is 0 Å². The molecule has 0 aliphatic heterocycles. The van der Waals surface area contributed by atoms with E-state index in [1.807, 2.05) is 12.1 Å². The average molecular weight is 336 g/mol. The van der Waals surface area contributed by atoms with Crippen LogP contribution in [0.5, 0.6) is 0 Å². The summed E-state index contributed by atoms with van der Waals surface area (Å²) >= 11 is 5.31. The van der Waals surface area contributed by atoms with E-state index in [-0.39, 0.29) is 0 Å². The average Bonchev–Trinajstić information content (AvgIpc) is 2.94. The Morgan fingerprint density at radius 1 is 1.17 bits per heavy atom. The Morgan fingerprint density at radius 3 is 2.58 bits per heavy atom. The van der Waals surface area contributed by atoms with Crippen molar-refractivity contribution in [3.8, 4) is 11.4 Å². The van der Waals surface area contributed by atoms with Gasteiger partial charge in [0.05, 0.1) is 6.21 Å². The zero-order valence-electron chi connectivity index (χ0n) is 14.0. The second-order valence-electron chi connectivity index (χ2n) is 6.10. The minimum Gasteiger partial charge on any atom is -0.250 e. The van der Waals surface area contributed by atoms with E-state index in [0.29, 0.717) is 16.5 Å². The molecule has 5 heteroatoms. The van der Waals surface area contributed by atoms with Crippen LogP contribution in [0.25, 0.3) is 11.4 Å². The lowest BCUT2D eigenvalue weighted by atomic mass is 10.0. The first-order valence-electron chi connectivity index (χ1n) is 7.93. The molecule has 3 rings (SSSR count). The fraction of sp³-hybridized carbons (Fsp3) is 0.211. The number of nitrogens with one attached hydrogen (secondary N) is 1. The highest BCUT2D eigenvalue weighted by Gasteiger charge is 2.08. The Bertz CT molecular complexity index is 917. The van der Waals surface area contributed by atoms with E-state index in [1.54, 1.807) is 10.9 Å². The molecule has 0 fully saturated rings. The highest BCUT2D eigenvalue weighted by Crippen LogP contribution is 2.18. The second kappa shape index (κ2) is 6.93. The van der Waals surface area contributed by atoms with Gasteiger partial charge in [0, 0.05) is 5.56 Å². The van der Waals surface area contributed by atoms with E-state index in [2.05, 4.69) is 72.5 Å². The second-order valence-corrected chi connectivity index (χ2v) is 6.49. The van der Waals surface area contributed by atoms with Gasteiger partial charge in [-0.05, 0) is 42.3 Å². The maximum atomic E-state index is 5.31. The number of aromatic nitrogens is 3. The maximum absolute atomic E-state index is 5.31. The third kappa shape index (κ3) is 3.51. The fourth-order valence-corrected chi connectivity index (χ4v) is 2.64. The maximum Gasteiger partial charge on any atom is 0.216 e. The van der Waals surface area contributed by atoms with Crippen LogP contribution in [0.15, 0.2) is 53.6 Å². The van der Waals surface area contributed by atoms with Crippen molar-refractivity contribution in [1.29, 1.82) is 0 Å². The molecule has 3 aromatic rings. The zero-order chi connectivity index (χ0) is 17.1. The van der Waals surface area contributed by atoms with E-state index in [0.717, 1.165) is 11.1 Å². The van der Waals surface area contributed by atoms with Crippen LogP contribution in [0.1, 0.15) is 36.5 Å². The molecule has 1 N–H and O–H groups in total. The molecule has 0 aliphatic rings. The van der Waals surface area contributed by atoms with Crippen LogP contribution in [-0.4, -0.2) is 21.1 Å². The van der Waals surface area contributed by atoms with Gasteiger partial charge in [-0.1, -0.05) is 61.9 Å². The van der Waals surface area contributed by atoms with Crippen LogP contribution in [0.2, 0.25) is 0 Å². The molecule has 0 saturated heterocycles. The Labute approximate surface area is 146 Å². The molecule has 24 heavy (non-hydrogen) atoms. The van der Waals surface area contributed by atoms with Crippen LogP contribution < -0.4 is 0 Å². The number of hydrogen-bond acceptors (Lipinski definition) is 3. The largest absolute Gasteiger partial charge is 0.250 e. The predicted molar refractivity (Wildman–Crippen MR) is 101 cm³/mol. The summed E-state index contributed by atoms with van der Waals surface area (Å²) < 4.78 is 2.13. The van der Waals surface area contributed by atoms with Gasteiger partial charge >= 0.3 is 0 Å². The summed E-state index contributed by atoms with van der Waals surface area (Å²) in [4.78, 5) is 0. The van der Waals surface area contributed by atoms with Crippen molar-refractivity contribution in [1.82, 2.24) is 14.9 Å². The molecule has 0 radical (unpaired) electrons. The molecular formula is C19H20N4S. The zero-order valence-corrected chi connectivity index (χ0v) is 14.8. The number of hydrogen-bond donors (Lipinski definition) is 1. The van der Waals surface area contributed by atoms with Crippen molar-refractivity contribution in [2.75, 3.05) is 0 Å². The summed E-state index contributed by atoms with van der Waals surface area (Å²) in [6.45, 7) is 6.42. The number of aryl methyl sites for hydroxylation is 1. The Morgan fingerprint density at radius 2 is 1.92 bits per heavy atom. The molecule has 1 heterocycles. The van der Waals surface area contributed by atoms with E-state index in [9.17, 15) is 0 Å². The van der Waals surface area contributed by atoms with Gasteiger partial charge in [-0.25, -0.2) is 5.10 Å². The minimum atomic E-state index is 0.474. The van der Waals surface area contributed by atoms with E-state index in [4.69, 9.17) is 12.2 Å². The molecule has 0 unspecified atom stereocenters. The summed E-state index contributed by atoms with van der Waals surface area (Å²) in [6.07, 6.45) is 1.80. The van der Waals surface area contributed by atoms with Gasteiger partial charge in [0.2, 0.25) is 4.77 Å². The monoisotopic (exact) mass is 336 g/mol. The lowest BCUT2D eigenvalue weighted by Gasteiger charge is -2.05. The van der Waals surface area contributed by atoms with Crippen molar-refractivity contribution >= 4 is 18.4 Å². The first-order chi connectivity index (χ1) is 11.5. The van der Waals surface area contributed by atoms with Crippen LogP contribution in [-0.2, 0) is 0 Å². The highest BCUT2D eigenvalue weighted by atomic mass is 32.1. The molecule has 0 spiro atoms. The van der Waals surface area contributed by atoms with Crippen molar-refractivity contribution in [2.24, 2.45) is 5.10 Å². The third-order valence-corrected chi connectivity index (χ3v) is 4.12. The standard InChI is InChI=1S/C19H20N4S/c1-13(2)16-9-7-15(8-10-16)12-20-23-18(21-22-19(23)24)17-6-4-5-14(3)11-17/h4-13H,1-3H3,(H,22,24). The summed E-state index contributed by atoms with van der Waals surface area (Å²) in [5.74, 6) is 1.23. The molecule has 4 nitrogen and oxygen atoms in total. The number of rotatable bonds is 4. The number of H-pyrrole nitrogens is 1. The molecular weight excluding hydrogens is 316 g/mol. The van der Waals surface area contributed by atoms with Crippen LogP contribution >= 0.6 is 12.2 Å². The molecule has 0 saturated carbocycles. The summed E-state index contributed by atoms with van der Waals surface area (Å²) in [5, 5.41) is 11.6. The van der Waals surface area contributed by atoms with Gasteiger partial charge in [0.25, 0.3) is 0 Å².